The minimum absolute atomic E-state index is 0.279. The summed E-state index contributed by atoms with van der Waals surface area (Å²) < 4.78 is 30.4. The minimum atomic E-state index is -0.442. The highest BCUT2D eigenvalue weighted by Crippen LogP contribution is 2.36. The van der Waals surface area contributed by atoms with Gasteiger partial charge < -0.3 is 19.5 Å². The molecule has 0 saturated carbocycles. The average Bonchev–Trinajstić information content (AvgIpc) is 2.82. The van der Waals surface area contributed by atoms with Crippen LogP contribution in [0.15, 0.2) is 65.8 Å². The van der Waals surface area contributed by atoms with Gasteiger partial charge in [-0.15, -0.1) is 0 Å². The molecule has 0 spiro atoms. The number of nitrogens with one attached hydrogen (secondary N) is 2. The van der Waals surface area contributed by atoms with Crippen molar-refractivity contribution in [3.05, 3.63) is 82.6 Å². The number of anilines is 1. The number of methoxy groups -OCH3 is 1. The maximum Gasteiger partial charge on any atom is 0.191 e. The molecule has 1 aliphatic rings. The van der Waals surface area contributed by atoms with Crippen LogP contribution >= 0.6 is 23.8 Å². The quantitative estimate of drug-likeness (QED) is 0.297. The molecule has 0 bridgehead atoms. The zero-order chi connectivity index (χ0) is 25.0. The third-order valence-electron chi connectivity index (χ3n) is 5.26. The summed E-state index contributed by atoms with van der Waals surface area (Å²) in [5.74, 6) is 1.65. The van der Waals surface area contributed by atoms with Crippen LogP contribution < -0.4 is 25.0 Å². The number of halogens is 2. The second kappa shape index (κ2) is 10.5. The summed E-state index contributed by atoms with van der Waals surface area (Å²) in [5, 5.41) is 8.42. The van der Waals surface area contributed by atoms with E-state index in [9.17, 15) is 4.39 Å². The van der Waals surface area contributed by atoms with Gasteiger partial charge in [0.2, 0.25) is 0 Å². The molecular weight excluding hydrogens is 489 g/mol. The normalized spacial score (nSPS) is 15.1. The van der Waals surface area contributed by atoms with Crippen molar-refractivity contribution in [2.45, 2.75) is 32.5 Å². The highest BCUT2D eigenvalue weighted by Gasteiger charge is 2.31. The van der Waals surface area contributed by atoms with Crippen molar-refractivity contribution in [1.82, 2.24) is 5.43 Å². The van der Waals surface area contributed by atoms with E-state index < -0.39 is 5.60 Å². The van der Waals surface area contributed by atoms with Crippen LogP contribution in [0.1, 0.15) is 31.4 Å². The number of thiocarbonyl (C=S) groups is 1. The average molecular weight is 514 g/mol. The van der Waals surface area contributed by atoms with Crippen LogP contribution in [0.5, 0.6) is 17.2 Å². The van der Waals surface area contributed by atoms with Gasteiger partial charge in [-0.05, 0) is 80.2 Å². The van der Waals surface area contributed by atoms with Gasteiger partial charge in [-0.25, -0.2) is 4.39 Å². The predicted octanol–water partition coefficient (Wildman–Crippen LogP) is 6.32. The van der Waals surface area contributed by atoms with Crippen molar-refractivity contribution in [3.8, 4) is 17.2 Å². The van der Waals surface area contributed by atoms with Gasteiger partial charge in [0.15, 0.2) is 5.11 Å². The van der Waals surface area contributed by atoms with Crippen molar-refractivity contribution in [2.75, 3.05) is 12.4 Å². The molecule has 3 aromatic carbocycles. The Morgan fingerprint density at radius 3 is 2.63 bits per heavy atom. The molecule has 4 rings (SSSR count). The van der Waals surface area contributed by atoms with Crippen LogP contribution in [0.4, 0.5) is 10.1 Å². The number of ether oxygens (including phenoxy) is 3. The molecule has 35 heavy (non-hydrogen) atoms. The maximum absolute atomic E-state index is 13.1. The summed E-state index contributed by atoms with van der Waals surface area (Å²) in [4.78, 5) is 0. The molecule has 182 valence electrons. The second-order valence-corrected chi connectivity index (χ2v) is 9.40. The zero-order valence-electron chi connectivity index (χ0n) is 19.5. The first-order chi connectivity index (χ1) is 16.7. The molecule has 0 saturated heterocycles. The van der Waals surface area contributed by atoms with Crippen LogP contribution in [0.25, 0.3) is 0 Å². The SMILES string of the molecule is COc1ccc(NC(=S)N/N=C2/CC(C)(C)Oc3ccc(OCc4ccc(F)cc4)cc32)cc1Cl. The van der Waals surface area contributed by atoms with Crippen molar-refractivity contribution >= 4 is 40.3 Å². The van der Waals surface area contributed by atoms with Crippen molar-refractivity contribution < 1.29 is 18.6 Å². The standard InChI is InChI=1S/C26H25ClFN3O3S/c1-26(2)14-22(30-31-25(35)29-18-8-10-24(32-3)21(27)12-18)20-13-19(9-11-23(20)34-26)33-15-16-4-6-17(28)7-5-16/h4-13H,14-15H2,1-3H3,(H2,29,31,35)/b30-22-. The molecule has 0 radical (unpaired) electrons. The van der Waals surface area contributed by atoms with E-state index in [-0.39, 0.29) is 5.82 Å². The van der Waals surface area contributed by atoms with Gasteiger partial charge in [0.25, 0.3) is 0 Å². The van der Waals surface area contributed by atoms with Crippen LogP contribution in [0.2, 0.25) is 5.02 Å². The van der Waals surface area contributed by atoms with Gasteiger partial charge in [-0.1, -0.05) is 23.7 Å². The van der Waals surface area contributed by atoms with E-state index in [1.165, 1.54) is 12.1 Å². The fraction of sp³-hybridized carbons (Fsp3) is 0.231. The first kappa shape index (κ1) is 24.8. The molecular formula is C26H25ClFN3O3S. The summed E-state index contributed by atoms with van der Waals surface area (Å²) >= 11 is 11.6. The smallest absolute Gasteiger partial charge is 0.191 e. The number of hydrogen-bond acceptors (Lipinski definition) is 5. The van der Waals surface area contributed by atoms with Crippen molar-refractivity contribution in [2.24, 2.45) is 5.10 Å². The predicted molar refractivity (Wildman–Crippen MR) is 140 cm³/mol. The summed E-state index contributed by atoms with van der Waals surface area (Å²) in [5.41, 5.74) is 5.63. The Morgan fingerprint density at radius 2 is 1.91 bits per heavy atom. The number of hydrazone groups is 1. The van der Waals surface area contributed by atoms with E-state index in [1.807, 2.05) is 38.1 Å². The number of benzene rings is 3. The maximum atomic E-state index is 13.1. The Kier molecular flexibility index (Phi) is 7.42. The third kappa shape index (κ3) is 6.41. The van der Waals surface area contributed by atoms with E-state index in [0.29, 0.717) is 46.1 Å². The van der Waals surface area contributed by atoms with Crippen LogP contribution in [-0.4, -0.2) is 23.5 Å². The second-order valence-electron chi connectivity index (χ2n) is 8.59. The van der Waals surface area contributed by atoms with E-state index in [0.717, 1.165) is 16.8 Å². The number of nitrogens with zero attached hydrogens (tertiary/aromatic N) is 1. The Labute approximate surface area is 214 Å². The molecule has 0 aliphatic carbocycles. The van der Waals surface area contributed by atoms with Gasteiger partial charge in [0.05, 0.1) is 17.8 Å². The Balaban J connectivity index is 1.49. The number of hydrogen-bond donors (Lipinski definition) is 2. The van der Waals surface area contributed by atoms with Crippen LogP contribution in [0, 0.1) is 5.82 Å². The molecule has 6 nitrogen and oxygen atoms in total. The van der Waals surface area contributed by atoms with Gasteiger partial charge in [0.1, 0.15) is 35.3 Å². The third-order valence-corrected chi connectivity index (χ3v) is 5.75. The lowest BCUT2D eigenvalue weighted by atomic mass is 9.92. The van der Waals surface area contributed by atoms with Gasteiger partial charge in [-0.3, -0.25) is 5.43 Å². The number of rotatable bonds is 6. The molecule has 1 heterocycles. The molecule has 1 aliphatic heterocycles. The minimum Gasteiger partial charge on any atom is -0.495 e. The monoisotopic (exact) mass is 513 g/mol. The molecule has 0 atom stereocenters. The Morgan fingerprint density at radius 1 is 1.14 bits per heavy atom. The lowest BCUT2D eigenvalue weighted by Crippen LogP contribution is -2.37. The molecule has 0 aromatic heterocycles. The summed E-state index contributed by atoms with van der Waals surface area (Å²) in [6.07, 6.45) is 0.561. The lowest BCUT2D eigenvalue weighted by molar-refractivity contribution is 0.111. The van der Waals surface area contributed by atoms with Gasteiger partial charge >= 0.3 is 0 Å². The topological polar surface area (TPSA) is 64.1 Å². The van der Waals surface area contributed by atoms with E-state index in [4.69, 9.17) is 38.0 Å². The first-order valence-electron chi connectivity index (χ1n) is 10.9. The Hall–Kier alpha value is -3.36. The van der Waals surface area contributed by atoms with E-state index >= 15 is 0 Å². The Bertz CT molecular complexity index is 1270. The van der Waals surface area contributed by atoms with Crippen molar-refractivity contribution in [1.29, 1.82) is 0 Å². The largest absolute Gasteiger partial charge is 0.495 e. The fourth-order valence-corrected chi connectivity index (χ4v) is 4.04. The highest BCUT2D eigenvalue weighted by molar-refractivity contribution is 7.80. The summed E-state index contributed by atoms with van der Waals surface area (Å²) in [6, 6.07) is 17.1. The van der Waals surface area contributed by atoms with Crippen molar-refractivity contribution in [3.63, 3.8) is 0 Å². The van der Waals surface area contributed by atoms with E-state index in [1.54, 1.807) is 31.4 Å². The number of fused-ring (bicyclic) bond motifs is 1. The molecule has 2 N–H and O–H groups in total. The first-order valence-corrected chi connectivity index (χ1v) is 11.7. The van der Waals surface area contributed by atoms with Crippen LogP contribution in [-0.2, 0) is 6.61 Å². The molecule has 0 unspecified atom stereocenters. The fourth-order valence-electron chi connectivity index (χ4n) is 3.61. The molecule has 0 amide bonds. The molecule has 9 heteroatoms. The highest BCUT2D eigenvalue weighted by atomic mass is 35.5. The zero-order valence-corrected chi connectivity index (χ0v) is 21.1. The van der Waals surface area contributed by atoms with Gasteiger partial charge in [0, 0.05) is 17.7 Å². The molecule has 0 fully saturated rings. The van der Waals surface area contributed by atoms with Crippen LogP contribution in [0.3, 0.4) is 0 Å². The van der Waals surface area contributed by atoms with E-state index in [2.05, 4.69) is 15.8 Å². The lowest BCUT2D eigenvalue weighted by Gasteiger charge is -2.33. The molecule has 3 aromatic rings. The summed E-state index contributed by atoms with van der Waals surface area (Å²) in [6.45, 7) is 4.31. The summed E-state index contributed by atoms with van der Waals surface area (Å²) in [7, 11) is 1.56. The van der Waals surface area contributed by atoms with Gasteiger partial charge in [-0.2, -0.15) is 5.10 Å².